The fourth-order valence-electron chi connectivity index (χ4n) is 1.98. The summed E-state index contributed by atoms with van der Waals surface area (Å²) >= 11 is 0. The van der Waals surface area contributed by atoms with E-state index in [9.17, 15) is 13.2 Å². The van der Waals surface area contributed by atoms with Gasteiger partial charge in [-0.3, -0.25) is 4.90 Å². The predicted octanol–water partition coefficient (Wildman–Crippen LogP) is 2.00. The van der Waals surface area contributed by atoms with E-state index in [2.05, 4.69) is 0 Å². The van der Waals surface area contributed by atoms with Crippen LogP contribution in [0.3, 0.4) is 0 Å². The van der Waals surface area contributed by atoms with Crippen molar-refractivity contribution in [2.45, 2.75) is 6.04 Å². The van der Waals surface area contributed by atoms with Crippen LogP contribution < -0.4 is 0 Å². The van der Waals surface area contributed by atoms with Crippen molar-refractivity contribution in [1.82, 2.24) is 4.90 Å². The minimum Gasteiger partial charge on any atom is -0.379 e. The van der Waals surface area contributed by atoms with Crippen molar-refractivity contribution >= 4 is 0 Å². The highest BCUT2D eigenvalue weighted by Gasteiger charge is 2.28. The molecule has 1 aromatic carbocycles. The number of halogens is 3. The maximum absolute atomic E-state index is 13.6. The van der Waals surface area contributed by atoms with E-state index in [-0.39, 0.29) is 0 Å². The summed E-state index contributed by atoms with van der Waals surface area (Å²) in [4.78, 5) is 1.61. The van der Waals surface area contributed by atoms with E-state index in [0.29, 0.717) is 38.4 Å². The Kier molecular flexibility index (Phi) is 3.84. The Morgan fingerprint density at radius 3 is 2.22 bits per heavy atom. The number of ether oxygens (including phenoxy) is 1. The van der Waals surface area contributed by atoms with Gasteiger partial charge in [0.15, 0.2) is 0 Å². The van der Waals surface area contributed by atoms with Crippen molar-refractivity contribution in [3.63, 3.8) is 0 Å². The van der Waals surface area contributed by atoms with E-state index in [0.717, 1.165) is 0 Å². The van der Waals surface area contributed by atoms with Crippen LogP contribution >= 0.6 is 0 Å². The minimum atomic E-state index is -1.06. The maximum atomic E-state index is 13.6. The molecule has 1 atom stereocenters. The number of hydrogen-bond acceptors (Lipinski definition) is 3. The Bertz CT molecular complexity index is 458. The molecule has 0 spiro atoms. The fourth-order valence-corrected chi connectivity index (χ4v) is 1.98. The molecule has 1 aliphatic heterocycles. The van der Waals surface area contributed by atoms with E-state index < -0.39 is 29.1 Å². The first kappa shape index (κ1) is 12.9. The average Bonchev–Trinajstić information content (AvgIpc) is 2.34. The van der Waals surface area contributed by atoms with Crippen LogP contribution in [0.15, 0.2) is 12.1 Å². The first-order valence-electron chi connectivity index (χ1n) is 5.49. The molecule has 96 valence electrons. The number of hydrogen-bond donors (Lipinski definition) is 0. The van der Waals surface area contributed by atoms with Gasteiger partial charge in [-0.2, -0.15) is 5.26 Å². The van der Waals surface area contributed by atoms with Crippen LogP contribution in [0.1, 0.15) is 11.6 Å². The molecule has 18 heavy (non-hydrogen) atoms. The first-order chi connectivity index (χ1) is 8.63. The zero-order valence-electron chi connectivity index (χ0n) is 9.50. The summed E-state index contributed by atoms with van der Waals surface area (Å²) in [6.45, 7) is 1.63. The van der Waals surface area contributed by atoms with E-state index >= 15 is 0 Å². The summed E-state index contributed by atoms with van der Waals surface area (Å²) in [5, 5.41) is 9.09. The quantitative estimate of drug-likeness (QED) is 0.812. The Hall–Kier alpha value is -1.58. The molecule has 0 radical (unpaired) electrons. The molecule has 1 aromatic rings. The molecule has 2 rings (SSSR count). The van der Waals surface area contributed by atoms with E-state index in [1.165, 1.54) is 0 Å². The molecule has 0 amide bonds. The zero-order valence-corrected chi connectivity index (χ0v) is 9.50. The lowest BCUT2D eigenvalue weighted by Crippen LogP contribution is -2.39. The highest BCUT2D eigenvalue weighted by molar-refractivity contribution is 5.28. The summed E-state index contributed by atoms with van der Waals surface area (Å²) in [7, 11) is 0. The van der Waals surface area contributed by atoms with E-state index in [1.807, 2.05) is 6.07 Å². The van der Waals surface area contributed by atoms with Crippen molar-refractivity contribution in [1.29, 1.82) is 5.26 Å². The topological polar surface area (TPSA) is 36.3 Å². The van der Waals surface area contributed by atoms with Crippen molar-refractivity contribution in [3.05, 3.63) is 35.1 Å². The van der Waals surface area contributed by atoms with E-state index in [4.69, 9.17) is 10.00 Å². The van der Waals surface area contributed by atoms with E-state index in [1.54, 1.807) is 4.90 Å². The Morgan fingerprint density at radius 2 is 1.72 bits per heavy atom. The molecule has 0 aliphatic carbocycles. The molecule has 1 heterocycles. The Labute approximate surface area is 102 Å². The van der Waals surface area contributed by atoms with Gasteiger partial charge in [-0.1, -0.05) is 0 Å². The number of morpholine rings is 1. The minimum absolute atomic E-state index is 0.402. The molecule has 0 bridgehead atoms. The molecular formula is C12H11F3N2O. The van der Waals surface area contributed by atoms with Gasteiger partial charge < -0.3 is 4.74 Å². The standard InChI is InChI=1S/C12H11F3N2O/c13-8-5-9(14)12(10(15)6-8)11(7-16)17-1-3-18-4-2-17/h5-6,11H,1-4H2. The summed E-state index contributed by atoms with van der Waals surface area (Å²) < 4.78 is 45.2. The summed E-state index contributed by atoms with van der Waals surface area (Å²) in [6, 6.07) is 1.97. The van der Waals surface area contributed by atoms with Crippen molar-refractivity contribution in [2.75, 3.05) is 26.3 Å². The Morgan fingerprint density at radius 1 is 1.17 bits per heavy atom. The summed E-state index contributed by atoms with van der Waals surface area (Å²) in [5.74, 6) is -3.07. The van der Waals surface area contributed by atoms with Gasteiger partial charge in [-0.15, -0.1) is 0 Å². The smallest absolute Gasteiger partial charge is 0.134 e. The Balaban J connectivity index is 2.36. The molecule has 0 aromatic heterocycles. The molecule has 1 fully saturated rings. The molecule has 1 unspecified atom stereocenters. The molecule has 6 heteroatoms. The van der Waals surface area contributed by atoms with Crippen LogP contribution in [0.4, 0.5) is 13.2 Å². The third kappa shape index (κ3) is 2.47. The van der Waals surface area contributed by atoms with Gasteiger partial charge in [0.2, 0.25) is 0 Å². The molecule has 1 aliphatic rings. The van der Waals surface area contributed by atoms with Gasteiger partial charge in [-0.25, -0.2) is 13.2 Å². The third-order valence-electron chi connectivity index (χ3n) is 2.85. The first-order valence-corrected chi connectivity index (χ1v) is 5.49. The van der Waals surface area contributed by atoms with Crippen LogP contribution in [0, 0.1) is 28.8 Å². The third-order valence-corrected chi connectivity index (χ3v) is 2.85. The van der Waals surface area contributed by atoms with Gasteiger partial charge in [0, 0.05) is 25.2 Å². The second kappa shape index (κ2) is 5.38. The van der Waals surface area contributed by atoms with Crippen LogP contribution in [0.5, 0.6) is 0 Å². The lowest BCUT2D eigenvalue weighted by atomic mass is 10.0. The second-order valence-corrected chi connectivity index (χ2v) is 3.96. The number of nitrogens with zero attached hydrogens (tertiary/aromatic N) is 2. The summed E-state index contributed by atoms with van der Waals surface area (Å²) in [6.07, 6.45) is 0. The number of nitriles is 1. The largest absolute Gasteiger partial charge is 0.379 e. The predicted molar refractivity (Wildman–Crippen MR) is 57.1 cm³/mol. The molecule has 0 N–H and O–H groups in total. The van der Waals surface area contributed by atoms with Gasteiger partial charge in [0.1, 0.15) is 23.5 Å². The lowest BCUT2D eigenvalue weighted by molar-refractivity contribution is 0.0254. The molecule has 3 nitrogen and oxygen atoms in total. The van der Waals surface area contributed by atoms with Crippen molar-refractivity contribution in [2.24, 2.45) is 0 Å². The second-order valence-electron chi connectivity index (χ2n) is 3.96. The zero-order chi connectivity index (χ0) is 13.1. The number of benzene rings is 1. The van der Waals surface area contributed by atoms with Crippen LogP contribution in [0.25, 0.3) is 0 Å². The SMILES string of the molecule is N#CC(c1c(F)cc(F)cc1F)N1CCOCC1. The highest BCUT2D eigenvalue weighted by atomic mass is 19.1. The van der Waals surface area contributed by atoms with Crippen molar-refractivity contribution < 1.29 is 17.9 Å². The van der Waals surface area contributed by atoms with Gasteiger partial charge in [-0.05, 0) is 0 Å². The monoisotopic (exact) mass is 256 g/mol. The lowest BCUT2D eigenvalue weighted by Gasteiger charge is -2.30. The van der Waals surface area contributed by atoms with Crippen LogP contribution in [0.2, 0.25) is 0 Å². The normalized spacial score (nSPS) is 18.3. The van der Waals surface area contributed by atoms with Gasteiger partial charge >= 0.3 is 0 Å². The van der Waals surface area contributed by atoms with Crippen LogP contribution in [-0.2, 0) is 4.74 Å². The average molecular weight is 256 g/mol. The van der Waals surface area contributed by atoms with Gasteiger partial charge in [0.05, 0.1) is 24.8 Å². The molecule has 0 saturated carbocycles. The van der Waals surface area contributed by atoms with Crippen molar-refractivity contribution in [3.8, 4) is 6.07 Å². The van der Waals surface area contributed by atoms with Crippen LogP contribution in [-0.4, -0.2) is 31.2 Å². The summed E-state index contributed by atoms with van der Waals surface area (Å²) in [5.41, 5.74) is -0.402. The van der Waals surface area contributed by atoms with Gasteiger partial charge in [0.25, 0.3) is 0 Å². The molecule has 1 saturated heterocycles. The molecular weight excluding hydrogens is 245 g/mol. The number of rotatable bonds is 2. The fraction of sp³-hybridized carbons (Fsp3) is 0.417. The highest BCUT2D eigenvalue weighted by Crippen LogP contribution is 2.27. The maximum Gasteiger partial charge on any atom is 0.134 e.